The lowest BCUT2D eigenvalue weighted by Gasteiger charge is -2.10. The zero-order valence-electron chi connectivity index (χ0n) is 11.5. The molecular formula is C17H18O3. The van der Waals surface area contributed by atoms with Crippen LogP contribution in [0.4, 0.5) is 0 Å². The van der Waals surface area contributed by atoms with Crippen LogP contribution in [0.3, 0.4) is 0 Å². The quantitative estimate of drug-likeness (QED) is 0.573. The predicted molar refractivity (Wildman–Crippen MR) is 78.3 cm³/mol. The minimum Gasteiger partial charge on any atom is -0.490 e. The average Bonchev–Trinajstić information content (AvgIpc) is 2.49. The molecule has 0 aromatic heterocycles. The van der Waals surface area contributed by atoms with Crippen LogP contribution in [-0.4, -0.2) is 26.1 Å². The number of hydrogen-bond donors (Lipinski definition) is 0. The second kappa shape index (κ2) is 7.46. The highest BCUT2D eigenvalue weighted by Crippen LogP contribution is 2.20. The van der Waals surface area contributed by atoms with Crippen LogP contribution in [0.25, 0.3) is 0 Å². The predicted octanol–water partition coefficient (Wildman–Crippen LogP) is 3.14. The number of Topliss-reactive ketones (excluding diaryl/α,β-unsaturated/α-hetero) is 1. The van der Waals surface area contributed by atoms with Gasteiger partial charge in [-0.3, -0.25) is 4.79 Å². The number of hydrogen-bond acceptors (Lipinski definition) is 3. The number of ether oxygens (including phenoxy) is 2. The zero-order valence-corrected chi connectivity index (χ0v) is 11.5. The molecule has 0 unspecified atom stereocenters. The summed E-state index contributed by atoms with van der Waals surface area (Å²) in [6.07, 6.45) is 0.380. The van der Waals surface area contributed by atoms with Gasteiger partial charge in [0.15, 0.2) is 5.78 Å². The summed E-state index contributed by atoms with van der Waals surface area (Å²) in [5.41, 5.74) is 1.62. The molecule has 0 amide bonds. The lowest BCUT2D eigenvalue weighted by atomic mass is 10.0. The molecule has 3 nitrogen and oxygen atoms in total. The van der Waals surface area contributed by atoms with Crippen LogP contribution in [0.15, 0.2) is 54.6 Å². The Balaban J connectivity index is 2.09. The summed E-state index contributed by atoms with van der Waals surface area (Å²) < 4.78 is 10.5. The summed E-state index contributed by atoms with van der Waals surface area (Å²) in [6.45, 7) is 0.938. The fourth-order valence-electron chi connectivity index (χ4n) is 1.93. The molecule has 0 saturated carbocycles. The van der Waals surface area contributed by atoms with E-state index in [0.29, 0.717) is 30.9 Å². The van der Waals surface area contributed by atoms with Crippen molar-refractivity contribution in [1.29, 1.82) is 0 Å². The van der Waals surface area contributed by atoms with Crippen LogP contribution in [0.1, 0.15) is 15.9 Å². The van der Waals surface area contributed by atoms with E-state index >= 15 is 0 Å². The van der Waals surface area contributed by atoms with E-state index in [1.807, 2.05) is 48.5 Å². The van der Waals surface area contributed by atoms with Gasteiger partial charge in [0.2, 0.25) is 0 Å². The largest absolute Gasteiger partial charge is 0.490 e. The number of ketones is 1. The molecule has 0 fully saturated rings. The summed E-state index contributed by atoms with van der Waals surface area (Å²) in [5.74, 6) is 0.676. The standard InChI is InChI=1S/C17H18O3/c1-19-11-12-20-17-10-6-5-9-15(17)16(18)13-14-7-3-2-4-8-14/h2-10H,11-13H2,1H3. The molecule has 2 rings (SSSR count). The average molecular weight is 270 g/mol. The van der Waals surface area contributed by atoms with Crippen LogP contribution in [0.5, 0.6) is 5.75 Å². The minimum atomic E-state index is 0.0595. The van der Waals surface area contributed by atoms with Crippen LogP contribution in [0.2, 0.25) is 0 Å². The number of carbonyl (C=O) groups excluding carboxylic acids is 1. The Morgan fingerprint density at radius 2 is 1.65 bits per heavy atom. The number of para-hydroxylation sites is 1. The first-order valence-electron chi connectivity index (χ1n) is 6.59. The van der Waals surface area contributed by atoms with E-state index in [9.17, 15) is 4.79 Å². The van der Waals surface area contributed by atoms with Crippen LogP contribution in [-0.2, 0) is 11.2 Å². The maximum absolute atomic E-state index is 12.4. The zero-order chi connectivity index (χ0) is 14.2. The molecular weight excluding hydrogens is 252 g/mol. The first-order chi connectivity index (χ1) is 9.81. The summed E-state index contributed by atoms with van der Waals surface area (Å²) in [7, 11) is 1.62. The van der Waals surface area contributed by atoms with Gasteiger partial charge in [-0.2, -0.15) is 0 Å². The SMILES string of the molecule is COCCOc1ccccc1C(=O)Cc1ccccc1. The third-order valence-electron chi connectivity index (χ3n) is 2.94. The minimum absolute atomic E-state index is 0.0595. The van der Waals surface area contributed by atoms with E-state index in [1.165, 1.54) is 0 Å². The van der Waals surface area contributed by atoms with Gasteiger partial charge in [-0.05, 0) is 17.7 Å². The molecule has 2 aromatic carbocycles. The lowest BCUT2D eigenvalue weighted by molar-refractivity contribution is 0.0985. The maximum atomic E-state index is 12.4. The highest BCUT2D eigenvalue weighted by Gasteiger charge is 2.12. The van der Waals surface area contributed by atoms with Crippen molar-refractivity contribution in [2.24, 2.45) is 0 Å². The monoisotopic (exact) mass is 270 g/mol. The van der Waals surface area contributed by atoms with Crippen molar-refractivity contribution in [3.05, 3.63) is 65.7 Å². The van der Waals surface area contributed by atoms with E-state index in [0.717, 1.165) is 5.56 Å². The van der Waals surface area contributed by atoms with E-state index in [-0.39, 0.29) is 5.78 Å². The van der Waals surface area contributed by atoms with Crippen molar-refractivity contribution in [3.63, 3.8) is 0 Å². The Bertz CT molecular complexity index is 549. The van der Waals surface area contributed by atoms with Gasteiger partial charge in [-0.25, -0.2) is 0 Å². The number of methoxy groups -OCH3 is 1. The fourth-order valence-corrected chi connectivity index (χ4v) is 1.93. The molecule has 0 saturated heterocycles. The van der Waals surface area contributed by atoms with Gasteiger partial charge in [-0.1, -0.05) is 42.5 Å². The Labute approximate surface area is 119 Å². The number of rotatable bonds is 7. The Morgan fingerprint density at radius 1 is 0.950 bits per heavy atom. The van der Waals surface area contributed by atoms with Gasteiger partial charge in [-0.15, -0.1) is 0 Å². The summed E-state index contributed by atoms with van der Waals surface area (Å²) >= 11 is 0. The number of benzene rings is 2. The van der Waals surface area contributed by atoms with E-state index in [1.54, 1.807) is 13.2 Å². The molecule has 0 aliphatic carbocycles. The lowest BCUT2D eigenvalue weighted by Crippen LogP contribution is -2.10. The molecule has 0 aliphatic rings. The second-order valence-electron chi connectivity index (χ2n) is 4.42. The van der Waals surface area contributed by atoms with Crippen molar-refractivity contribution < 1.29 is 14.3 Å². The van der Waals surface area contributed by atoms with Gasteiger partial charge in [0, 0.05) is 13.5 Å². The van der Waals surface area contributed by atoms with Gasteiger partial charge >= 0.3 is 0 Å². The smallest absolute Gasteiger partial charge is 0.170 e. The normalized spacial score (nSPS) is 10.2. The van der Waals surface area contributed by atoms with Crippen LogP contribution in [0, 0.1) is 0 Å². The topological polar surface area (TPSA) is 35.5 Å². The molecule has 20 heavy (non-hydrogen) atoms. The molecule has 0 bridgehead atoms. The third-order valence-corrected chi connectivity index (χ3v) is 2.94. The molecule has 3 heteroatoms. The van der Waals surface area contributed by atoms with Gasteiger partial charge in [0.1, 0.15) is 12.4 Å². The third kappa shape index (κ3) is 3.93. The fraction of sp³-hybridized carbons (Fsp3) is 0.235. The van der Waals surface area contributed by atoms with Gasteiger partial charge in [0.05, 0.1) is 12.2 Å². The van der Waals surface area contributed by atoms with Crippen molar-refractivity contribution in [3.8, 4) is 5.75 Å². The molecule has 104 valence electrons. The van der Waals surface area contributed by atoms with Crippen molar-refractivity contribution >= 4 is 5.78 Å². The Hall–Kier alpha value is -2.13. The van der Waals surface area contributed by atoms with Gasteiger partial charge in [0.25, 0.3) is 0 Å². The summed E-state index contributed by atoms with van der Waals surface area (Å²) in [5, 5.41) is 0. The Morgan fingerprint density at radius 3 is 2.40 bits per heavy atom. The molecule has 0 spiro atoms. The molecule has 0 aliphatic heterocycles. The molecule has 0 heterocycles. The van der Waals surface area contributed by atoms with Gasteiger partial charge < -0.3 is 9.47 Å². The van der Waals surface area contributed by atoms with Crippen LogP contribution >= 0.6 is 0 Å². The Kier molecular flexibility index (Phi) is 5.33. The second-order valence-corrected chi connectivity index (χ2v) is 4.42. The number of carbonyl (C=O) groups is 1. The molecule has 0 atom stereocenters. The van der Waals surface area contributed by atoms with Crippen LogP contribution < -0.4 is 4.74 Å². The van der Waals surface area contributed by atoms with E-state index < -0.39 is 0 Å². The molecule has 2 aromatic rings. The molecule has 0 radical (unpaired) electrons. The first-order valence-corrected chi connectivity index (χ1v) is 6.59. The van der Waals surface area contributed by atoms with Crippen molar-refractivity contribution in [2.75, 3.05) is 20.3 Å². The highest BCUT2D eigenvalue weighted by atomic mass is 16.5. The van der Waals surface area contributed by atoms with Crippen molar-refractivity contribution in [1.82, 2.24) is 0 Å². The summed E-state index contributed by atoms with van der Waals surface area (Å²) in [6, 6.07) is 17.0. The van der Waals surface area contributed by atoms with Crippen molar-refractivity contribution in [2.45, 2.75) is 6.42 Å². The first kappa shape index (κ1) is 14.3. The summed E-state index contributed by atoms with van der Waals surface area (Å²) in [4.78, 5) is 12.4. The highest BCUT2D eigenvalue weighted by molar-refractivity contribution is 5.99. The molecule has 0 N–H and O–H groups in total. The van der Waals surface area contributed by atoms with E-state index in [2.05, 4.69) is 0 Å². The maximum Gasteiger partial charge on any atom is 0.170 e. The van der Waals surface area contributed by atoms with E-state index in [4.69, 9.17) is 9.47 Å².